The Morgan fingerprint density at radius 1 is 1.43 bits per heavy atom. The Hall–Kier alpha value is -1.10. The topological polar surface area (TPSA) is 72.6 Å². The average Bonchev–Trinajstić information content (AvgIpc) is 2.14. The molecule has 2 N–H and O–H groups in total. The van der Waals surface area contributed by atoms with E-state index in [1.807, 2.05) is 13.8 Å². The average molecular weight is 202 g/mol. The number of primary amides is 1. The normalized spacial score (nSPS) is 12.6. The van der Waals surface area contributed by atoms with Crippen LogP contribution >= 0.6 is 0 Å². The second kappa shape index (κ2) is 6.37. The number of hydrogen-bond acceptors (Lipinski definition) is 4. The van der Waals surface area contributed by atoms with E-state index in [2.05, 4.69) is 4.74 Å². The molecule has 0 spiro atoms. The van der Waals surface area contributed by atoms with Gasteiger partial charge in [0.2, 0.25) is 5.91 Å². The number of amides is 1. The zero-order valence-electron chi connectivity index (χ0n) is 8.95. The molecule has 0 aromatic rings. The maximum atomic E-state index is 11.0. The minimum absolute atomic E-state index is 0.0874. The largest absolute Gasteiger partial charge is 0.468 e. The highest BCUT2D eigenvalue weighted by atomic mass is 16.5. The number of nitrogens with zero attached hydrogens (tertiary/aromatic N) is 1. The first-order valence-electron chi connectivity index (χ1n) is 4.60. The fraction of sp³-hybridized carbons (Fsp3) is 0.778. The molecular weight excluding hydrogens is 184 g/mol. The Bertz CT molecular complexity index is 206. The molecule has 1 amide bonds. The summed E-state index contributed by atoms with van der Waals surface area (Å²) in [6.45, 7) is 4.11. The minimum atomic E-state index is -0.436. The summed E-state index contributed by atoms with van der Waals surface area (Å²) in [5.41, 5.74) is 5.07. The highest BCUT2D eigenvalue weighted by Gasteiger charge is 2.17. The maximum absolute atomic E-state index is 11.0. The predicted molar refractivity (Wildman–Crippen MR) is 52.5 cm³/mol. The summed E-state index contributed by atoms with van der Waals surface area (Å²) < 4.78 is 4.52. The fourth-order valence-electron chi connectivity index (χ4n) is 1.06. The lowest BCUT2D eigenvalue weighted by molar-refractivity contribution is -0.142. The van der Waals surface area contributed by atoms with Crippen molar-refractivity contribution in [3.63, 3.8) is 0 Å². The number of carbonyl (C=O) groups excluding carboxylic acids is 2. The van der Waals surface area contributed by atoms with Crippen molar-refractivity contribution in [3.05, 3.63) is 0 Å². The summed E-state index contributed by atoms with van der Waals surface area (Å²) in [5.74, 6) is -0.791. The van der Waals surface area contributed by atoms with Gasteiger partial charge in [-0.2, -0.15) is 0 Å². The van der Waals surface area contributed by atoms with Crippen molar-refractivity contribution >= 4 is 11.9 Å². The second-order valence-corrected chi connectivity index (χ2v) is 3.20. The Labute approximate surface area is 84.2 Å². The third-order valence-corrected chi connectivity index (χ3v) is 2.13. The van der Waals surface area contributed by atoms with Gasteiger partial charge >= 0.3 is 5.97 Å². The van der Waals surface area contributed by atoms with Gasteiger partial charge in [-0.15, -0.1) is 0 Å². The Morgan fingerprint density at radius 2 is 2.00 bits per heavy atom. The number of esters is 1. The zero-order chi connectivity index (χ0) is 11.1. The fourth-order valence-corrected chi connectivity index (χ4v) is 1.06. The number of carbonyl (C=O) groups is 2. The smallest absolute Gasteiger partial charge is 0.319 e. The molecule has 14 heavy (non-hydrogen) atoms. The lowest BCUT2D eigenvalue weighted by Gasteiger charge is -2.25. The molecular formula is C9H18N2O3. The summed E-state index contributed by atoms with van der Waals surface area (Å²) >= 11 is 0. The van der Waals surface area contributed by atoms with E-state index in [1.165, 1.54) is 7.11 Å². The van der Waals surface area contributed by atoms with Gasteiger partial charge in [0.25, 0.3) is 0 Å². The Balaban J connectivity index is 4.23. The quantitative estimate of drug-likeness (QED) is 0.602. The Kier molecular flexibility index (Phi) is 5.87. The van der Waals surface area contributed by atoms with Crippen molar-refractivity contribution < 1.29 is 14.3 Å². The van der Waals surface area contributed by atoms with Crippen LogP contribution in [0.3, 0.4) is 0 Å². The third kappa shape index (κ3) is 4.81. The molecule has 0 saturated carbocycles. The van der Waals surface area contributed by atoms with E-state index in [4.69, 9.17) is 5.73 Å². The van der Waals surface area contributed by atoms with Gasteiger partial charge in [-0.25, -0.2) is 0 Å². The van der Waals surface area contributed by atoms with E-state index >= 15 is 0 Å². The van der Waals surface area contributed by atoms with Crippen LogP contribution in [0.2, 0.25) is 0 Å². The van der Waals surface area contributed by atoms with Gasteiger partial charge in [-0.3, -0.25) is 14.5 Å². The monoisotopic (exact) mass is 202 g/mol. The predicted octanol–water partition coefficient (Wildman–Crippen LogP) is -0.255. The molecule has 0 saturated heterocycles. The molecule has 82 valence electrons. The van der Waals surface area contributed by atoms with Crippen LogP contribution in [0.15, 0.2) is 0 Å². The van der Waals surface area contributed by atoms with Crippen LogP contribution in [0.4, 0.5) is 0 Å². The summed E-state index contributed by atoms with van der Waals surface area (Å²) in [4.78, 5) is 23.4. The first-order chi connectivity index (χ1) is 6.51. The third-order valence-electron chi connectivity index (χ3n) is 2.13. The van der Waals surface area contributed by atoms with Crippen molar-refractivity contribution in [3.8, 4) is 0 Å². The highest BCUT2D eigenvalue weighted by molar-refractivity contribution is 5.77. The molecule has 0 radical (unpaired) electrons. The minimum Gasteiger partial charge on any atom is -0.468 e. The molecule has 0 aliphatic rings. The van der Waals surface area contributed by atoms with Gasteiger partial charge in [0.1, 0.15) is 0 Å². The standard InChI is InChI=1S/C9H18N2O3/c1-4-7(2)11(5-8(10)12)6-9(13)14-3/h7H,4-6H2,1-3H3,(H2,10,12). The summed E-state index contributed by atoms with van der Waals surface area (Å²) in [5, 5.41) is 0. The zero-order valence-corrected chi connectivity index (χ0v) is 8.95. The number of hydrogen-bond donors (Lipinski definition) is 1. The van der Waals surface area contributed by atoms with Crippen molar-refractivity contribution in [1.82, 2.24) is 4.90 Å². The van der Waals surface area contributed by atoms with E-state index in [1.54, 1.807) is 4.90 Å². The second-order valence-electron chi connectivity index (χ2n) is 3.20. The van der Waals surface area contributed by atoms with Crippen molar-refractivity contribution in [2.45, 2.75) is 26.3 Å². The summed E-state index contributed by atoms with van der Waals surface area (Å²) in [6.07, 6.45) is 0.851. The van der Waals surface area contributed by atoms with E-state index in [-0.39, 0.29) is 25.1 Å². The van der Waals surface area contributed by atoms with Gasteiger partial charge in [0, 0.05) is 6.04 Å². The number of rotatable bonds is 6. The van der Waals surface area contributed by atoms with E-state index in [9.17, 15) is 9.59 Å². The number of nitrogens with two attached hydrogens (primary N) is 1. The highest BCUT2D eigenvalue weighted by Crippen LogP contribution is 2.02. The van der Waals surface area contributed by atoms with Crippen molar-refractivity contribution in [2.24, 2.45) is 5.73 Å². The van der Waals surface area contributed by atoms with Gasteiger partial charge < -0.3 is 10.5 Å². The molecule has 0 fully saturated rings. The van der Waals surface area contributed by atoms with Crippen LogP contribution in [0, 0.1) is 0 Å². The molecule has 5 heteroatoms. The van der Waals surface area contributed by atoms with E-state index < -0.39 is 5.91 Å². The van der Waals surface area contributed by atoms with Crippen LogP contribution in [-0.2, 0) is 14.3 Å². The summed E-state index contributed by atoms with van der Waals surface area (Å²) in [6, 6.07) is 0.140. The lowest BCUT2D eigenvalue weighted by atomic mass is 10.2. The molecule has 0 aliphatic carbocycles. The van der Waals surface area contributed by atoms with Crippen LogP contribution in [-0.4, -0.2) is 43.0 Å². The van der Waals surface area contributed by atoms with Gasteiger partial charge in [0.15, 0.2) is 0 Å². The van der Waals surface area contributed by atoms with E-state index in [0.29, 0.717) is 0 Å². The Morgan fingerprint density at radius 3 is 2.36 bits per heavy atom. The first kappa shape index (κ1) is 12.9. The van der Waals surface area contributed by atoms with Gasteiger partial charge in [-0.1, -0.05) is 6.92 Å². The van der Waals surface area contributed by atoms with Crippen LogP contribution in [0.25, 0.3) is 0 Å². The molecule has 1 unspecified atom stereocenters. The van der Waals surface area contributed by atoms with Crippen molar-refractivity contribution in [2.75, 3.05) is 20.2 Å². The SMILES string of the molecule is CCC(C)N(CC(N)=O)CC(=O)OC. The van der Waals surface area contributed by atoms with Gasteiger partial charge in [0.05, 0.1) is 20.2 Å². The van der Waals surface area contributed by atoms with Crippen LogP contribution in [0.1, 0.15) is 20.3 Å². The van der Waals surface area contributed by atoms with Crippen LogP contribution < -0.4 is 5.73 Å². The molecule has 0 rings (SSSR count). The molecule has 0 aliphatic heterocycles. The molecule has 5 nitrogen and oxygen atoms in total. The lowest BCUT2D eigenvalue weighted by Crippen LogP contribution is -2.42. The van der Waals surface area contributed by atoms with Crippen molar-refractivity contribution in [1.29, 1.82) is 0 Å². The molecule has 0 heterocycles. The molecule has 0 aromatic heterocycles. The van der Waals surface area contributed by atoms with E-state index in [0.717, 1.165) is 6.42 Å². The maximum Gasteiger partial charge on any atom is 0.319 e. The molecule has 0 bridgehead atoms. The number of ether oxygens (including phenoxy) is 1. The van der Waals surface area contributed by atoms with Crippen LogP contribution in [0.5, 0.6) is 0 Å². The van der Waals surface area contributed by atoms with Gasteiger partial charge in [-0.05, 0) is 13.3 Å². The first-order valence-corrected chi connectivity index (χ1v) is 4.60. The summed E-state index contributed by atoms with van der Waals surface area (Å²) in [7, 11) is 1.32. The number of methoxy groups -OCH3 is 1. The molecule has 0 aromatic carbocycles. The molecule has 1 atom stereocenters.